The Balaban J connectivity index is 1.58. The van der Waals surface area contributed by atoms with Gasteiger partial charge in [0, 0.05) is 12.5 Å². The summed E-state index contributed by atoms with van der Waals surface area (Å²) in [5, 5.41) is 14.4. The molecule has 7 nitrogen and oxygen atoms in total. The van der Waals surface area contributed by atoms with Crippen LogP contribution in [0.25, 0.3) is 11.1 Å². The largest absolute Gasteiger partial charge is 0.480 e. The number of fused-ring (bicyclic) bond motifs is 3. The molecule has 2 aromatic carbocycles. The topological polar surface area (TPSA) is 105 Å². The van der Waals surface area contributed by atoms with Crippen LogP contribution < -0.4 is 10.6 Å². The average Bonchev–Trinajstić information content (AvgIpc) is 3.11. The molecule has 0 bridgehead atoms. The minimum Gasteiger partial charge on any atom is -0.480 e. The SMILES string of the molecule is C=CCC(NC(=O)C(CNC(=O)OCC1c2ccccc2-c2ccccc21)C(C)C)C(=O)O. The van der Waals surface area contributed by atoms with Crippen molar-refractivity contribution in [2.45, 2.75) is 32.2 Å². The molecule has 33 heavy (non-hydrogen) atoms. The van der Waals surface area contributed by atoms with Gasteiger partial charge in [0.1, 0.15) is 12.6 Å². The van der Waals surface area contributed by atoms with Crippen molar-refractivity contribution in [3.05, 3.63) is 72.3 Å². The van der Waals surface area contributed by atoms with Crippen molar-refractivity contribution in [2.24, 2.45) is 11.8 Å². The van der Waals surface area contributed by atoms with Crippen molar-refractivity contribution < 1.29 is 24.2 Å². The predicted molar refractivity (Wildman–Crippen MR) is 126 cm³/mol. The zero-order chi connectivity index (χ0) is 24.0. The number of carboxylic acids is 1. The number of carbonyl (C=O) groups is 3. The Morgan fingerprint density at radius 1 is 1.06 bits per heavy atom. The van der Waals surface area contributed by atoms with E-state index in [-0.39, 0.29) is 31.4 Å². The van der Waals surface area contributed by atoms with Crippen LogP contribution in [0, 0.1) is 11.8 Å². The summed E-state index contributed by atoms with van der Waals surface area (Å²) in [6.07, 6.45) is 0.945. The van der Waals surface area contributed by atoms with Crippen LogP contribution in [0.1, 0.15) is 37.3 Å². The van der Waals surface area contributed by atoms with Gasteiger partial charge in [0.2, 0.25) is 5.91 Å². The molecular formula is C26H30N2O5. The maximum atomic E-state index is 12.6. The number of alkyl carbamates (subject to hydrolysis) is 1. The lowest BCUT2D eigenvalue weighted by atomic mass is 9.94. The predicted octanol–water partition coefficient (Wildman–Crippen LogP) is 3.94. The number of benzene rings is 2. The molecular weight excluding hydrogens is 420 g/mol. The fourth-order valence-electron chi connectivity index (χ4n) is 4.14. The first-order valence-electron chi connectivity index (χ1n) is 11.1. The maximum Gasteiger partial charge on any atom is 0.407 e. The molecule has 0 fully saturated rings. The monoisotopic (exact) mass is 450 g/mol. The molecule has 0 radical (unpaired) electrons. The number of hydrogen-bond donors (Lipinski definition) is 3. The molecule has 2 amide bonds. The van der Waals surface area contributed by atoms with E-state index in [1.54, 1.807) is 0 Å². The lowest BCUT2D eigenvalue weighted by molar-refractivity contribution is -0.142. The second-order valence-electron chi connectivity index (χ2n) is 8.48. The number of nitrogens with one attached hydrogen (secondary N) is 2. The number of hydrogen-bond acceptors (Lipinski definition) is 4. The number of rotatable bonds is 10. The van der Waals surface area contributed by atoms with Crippen LogP contribution in [0.5, 0.6) is 0 Å². The fraction of sp³-hybridized carbons (Fsp3) is 0.346. The Hall–Kier alpha value is -3.61. The molecule has 0 saturated heterocycles. The van der Waals surface area contributed by atoms with Gasteiger partial charge in [0.05, 0.1) is 5.92 Å². The molecule has 174 valence electrons. The Bertz CT molecular complexity index is 987. The van der Waals surface area contributed by atoms with Crippen molar-refractivity contribution in [1.82, 2.24) is 10.6 Å². The molecule has 0 heterocycles. The summed E-state index contributed by atoms with van der Waals surface area (Å²) >= 11 is 0. The highest BCUT2D eigenvalue weighted by molar-refractivity contribution is 5.85. The van der Waals surface area contributed by atoms with Crippen molar-refractivity contribution in [3.8, 4) is 11.1 Å². The molecule has 7 heteroatoms. The van der Waals surface area contributed by atoms with Gasteiger partial charge in [0.25, 0.3) is 0 Å². The molecule has 2 aromatic rings. The summed E-state index contributed by atoms with van der Waals surface area (Å²) in [5.41, 5.74) is 4.53. The quantitative estimate of drug-likeness (QED) is 0.476. The Morgan fingerprint density at radius 3 is 2.15 bits per heavy atom. The zero-order valence-corrected chi connectivity index (χ0v) is 18.9. The van der Waals surface area contributed by atoms with Crippen molar-refractivity contribution in [2.75, 3.05) is 13.2 Å². The summed E-state index contributed by atoms with van der Waals surface area (Å²) in [4.78, 5) is 36.4. The minimum atomic E-state index is -1.13. The van der Waals surface area contributed by atoms with Gasteiger partial charge in [-0.05, 0) is 34.6 Å². The first kappa shape index (κ1) is 24.0. The van der Waals surface area contributed by atoms with Crippen molar-refractivity contribution in [3.63, 3.8) is 0 Å². The zero-order valence-electron chi connectivity index (χ0n) is 18.9. The van der Waals surface area contributed by atoms with Crippen LogP contribution in [0.2, 0.25) is 0 Å². The van der Waals surface area contributed by atoms with E-state index in [1.807, 2.05) is 50.2 Å². The maximum absolute atomic E-state index is 12.6. The van der Waals surface area contributed by atoms with Gasteiger partial charge in [-0.25, -0.2) is 9.59 Å². The van der Waals surface area contributed by atoms with E-state index in [0.29, 0.717) is 0 Å². The molecule has 0 aromatic heterocycles. The average molecular weight is 451 g/mol. The summed E-state index contributed by atoms with van der Waals surface area (Å²) in [6.45, 7) is 7.42. The van der Waals surface area contributed by atoms with Crippen molar-refractivity contribution >= 4 is 18.0 Å². The second-order valence-corrected chi connectivity index (χ2v) is 8.48. The number of aliphatic carboxylic acids is 1. The number of amides is 2. The smallest absolute Gasteiger partial charge is 0.407 e. The third-order valence-electron chi connectivity index (χ3n) is 5.97. The van der Waals surface area contributed by atoms with E-state index in [0.717, 1.165) is 22.3 Å². The molecule has 2 atom stereocenters. The second kappa shape index (κ2) is 10.8. The van der Waals surface area contributed by atoms with Gasteiger partial charge < -0.3 is 20.5 Å². The fourth-order valence-corrected chi connectivity index (χ4v) is 4.14. The Labute approximate surface area is 193 Å². The summed E-state index contributed by atoms with van der Waals surface area (Å²) in [7, 11) is 0. The van der Waals surface area contributed by atoms with Crippen LogP contribution in [0.15, 0.2) is 61.2 Å². The standard InChI is InChI=1S/C26H30N2O5/c1-4-9-23(25(30)31)28-24(29)21(16(2)3)14-27-26(32)33-15-22-19-12-7-5-10-17(19)18-11-6-8-13-20(18)22/h4-8,10-13,16,21-23H,1,9,14-15H2,2-3H3,(H,27,32)(H,28,29)(H,30,31). The Morgan fingerprint density at radius 2 is 1.64 bits per heavy atom. The van der Waals surface area contributed by atoms with E-state index in [9.17, 15) is 19.5 Å². The van der Waals surface area contributed by atoms with Gasteiger partial charge >= 0.3 is 12.1 Å². The van der Waals surface area contributed by atoms with E-state index < -0.39 is 29.9 Å². The first-order chi connectivity index (χ1) is 15.8. The van der Waals surface area contributed by atoms with Gasteiger partial charge in [-0.3, -0.25) is 4.79 Å². The minimum absolute atomic E-state index is 0.0423. The molecule has 1 aliphatic carbocycles. The van der Waals surface area contributed by atoms with E-state index in [2.05, 4.69) is 29.3 Å². The lowest BCUT2D eigenvalue weighted by Gasteiger charge is -2.23. The number of ether oxygens (including phenoxy) is 1. The molecule has 3 rings (SSSR count). The van der Waals surface area contributed by atoms with Gasteiger partial charge in [0.15, 0.2) is 0 Å². The van der Waals surface area contributed by atoms with E-state index in [1.165, 1.54) is 6.08 Å². The first-order valence-corrected chi connectivity index (χ1v) is 11.1. The highest BCUT2D eigenvalue weighted by Gasteiger charge is 2.30. The van der Waals surface area contributed by atoms with Crippen molar-refractivity contribution in [1.29, 1.82) is 0 Å². The molecule has 3 N–H and O–H groups in total. The van der Waals surface area contributed by atoms with Crippen LogP contribution in [-0.4, -0.2) is 42.3 Å². The lowest BCUT2D eigenvalue weighted by Crippen LogP contribution is -2.47. The Kier molecular flexibility index (Phi) is 7.87. The highest BCUT2D eigenvalue weighted by atomic mass is 16.5. The molecule has 0 saturated carbocycles. The summed E-state index contributed by atoms with van der Waals surface area (Å²) in [6, 6.07) is 15.1. The van der Waals surface area contributed by atoms with Gasteiger partial charge in [-0.2, -0.15) is 0 Å². The molecule has 0 aliphatic heterocycles. The van der Waals surface area contributed by atoms with Gasteiger partial charge in [-0.1, -0.05) is 68.5 Å². The number of carboxylic acid groups (broad SMARTS) is 1. The summed E-state index contributed by atoms with van der Waals surface area (Å²) in [5.74, 6) is -2.33. The van der Waals surface area contributed by atoms with Crippen LogP contribution >= 0.6 is 0 Å². The molecule has 1 aliphatic rings. The van der Waals surface area contributed by atoms with E-state index in [4.69, 9.17) is 4.74 Å². The normalized spacial score (nSPS) is 14.0. The van der Waals surface area contributed by atoms with Crippen LogP contribution in [-0.2, 0) is 14.3 Å². The number of carbonyl (C=O) groups excluding carboxylic acids is 2. The molecule has 2 unspecified atom stereocenters. The van der Waals surface area contributed by atoms with E-state index >= 15 is 0 Å². The van der Waals surface area contributed by atoms with Crippen LogP contribution in [0.3, 0.4) is 0 Å². The third-order valence-corrected chi connectivity index (χ3v) is 5.97. The summed E-state index contributed by atoms with van der Waals surface area (Å²) < 4.78 is 5.52. The highest BCUT2D eigenvalue weighted by Crippen LogP contribution is 2.44. The van der Waals surface area contributed by atoms with Crippen LogP contribution in [0.4, 0.5) is 4.79 Å². The molecule has 0 spiro atoms. The third kappa shape index (κ3) is 5.61. The van der Waals surface area contributed by atoms with Gasteiger partial charge in [-0.15, -0.1) is 6.58 Å².